The van der Waals surface area contributed by atoms with Gasteiger partial charge in [-0.3, -0.25) is 0 Å². The lowest BCUT2D eigenvalue weighted by molar-refractivity contribution is 0.0824. The highest BCUT2D eigenvalue weighted by atomic mass is 35.5. The van der Waals surface area contributed by atoms with Crippen LogP contribution in [0.25, 0.3) is 0 Å². The lowest BCUT2D eigenvalue weighted by atomic mass is 9.69. The number of anilines is 1. The molecule has 1 aliphatic carbocycles. The van der Waals surface area contributed by atoms with Gasteiger partial charge < -0.3 is 24.8 Å². The summed E-state index contributed by atoms with van der Waals surface area (Å²) < 4.78 is 11.9. The van der Waals surface area contributed by atoms with Crippen molar-refractivity contribution in [2.75, 3.05) is 19.0 Å². The number of halogens is 1. The Labute approximate surface area is 180 Å². The third kappa shape index (κ3) is 3.02. The van der Waals surface area contributed by atoms with Crippen LogP contribution in [0.3, 0.4) is 0 Å². The number of methoxy groups -OCH3 is 1. The number of rotatable bonds is 2. The predicted octanol–water partition coefficient (Wildman–Crippen LogP) is 4.11. The van der Waals surface area contributed by atoms with Gasteiger partial charge in [-0.2, -0.15) is 0 Å². The summed E-state index contributed by atoms with van der Waals surface area (Å²) in [4.78, 5) is 14.8. The van der Waals surface area contributed by atoms with Crippen LogP contribution in [0.1, 0.15) is 24.0 Å². The van der Waals surface area contributed by atoms with Crippen molar-refractivity contribution in [1.82, 2.24) is 4.90 Å². The molecule has 0 unspecified atom stereocenters. The maximum absolute atomic E-state index is 13.0. The van der Waals surface area contributed by atoms with E-state index in [2.05, 4.69) is 11.4 Å². The molecule has 0 saturated heterocycles. The first-order valence-corrected chi connectivity index (χ1v) is 10.4. The molecular weight excluding hydrogens is 404 g/mol. The van der Waals surface area contributed by atoms with Crippen molar-refractivity contribution in [3.8, 4) is 11.5 Å². The fourth-order valence-corrected chi connectivity index (χ4v) is 4.97. The van der Waals surface area contributed by atoms with Gasteiger partial charge >= 0.3 is 6.03 Å². The number of nitrogens with zero attached hydrogens (tertiary/aromatic N) is 1. The van der Waals surface area contributed by atoms with Crippen LogP contribution in [0, 0.1) is 0 Å². The van der Waals surface area contributed by atoms with Gasteiger partial charge in [0.15, 0.2) is 11.5 Å². The van der Waals surface area contributed by atoms with E-state index >= 15 is 0 Å². The summed E-state index contributed by atoms with van der Waals surface area (Å²) in [5.41, 5.74) is 2.45. The number of carbonyl (C=O) groups excluding carboxylic acids is 1. The van der Waals surface area contributed by atoms with Crippen LogP contribution in [0.2, 0.25) is 5.02 Å². The molecule has 156 valence electrons. The minimum atomic E-state index is -0.531. The van der Waals surface area contributed by atoms with Crippen molar-refractivity contribution in [3.05, 3.63) is 64.7 Å². The minimum Gasteiger partial charge on any atom is -0.493 e. The predicted molar refractivity (Wildman–Crippen MR) is 114 cm³/mol. The molecule has 2 aromatic carbocycles. The van der Waals surface area contributed by atoms with E-state index in [9.17, 15) is 9.90 Å². The zero-order valence-electron chi connectivity index (χ0n) is 16.6. The number of aliphatic hydroxyl groups excluding tert-OH is 1. The number of ether oxygens (including phenoxy) is 2. The number of benzene rings is 2. The van der Waals surface area contributed by atoms with Gasteiger partial charge in [-0.15, -0.1) is 0 Å². The van der Waals surface area contributed by atoms with Crippen LogP contribution in [0.15, 0.2) is 48.6 Å². The molecule has 2 aliphatic heterocycles. The summed E-state index contributed by atoms with van der Waals surface area (Å²) in [6.07, 6.45) is 4.44. The summed E-state index contributed by atoms with van der Waals surface area (Å²) in [7, 11) is 1.63. The van der Waals surface area contributed by atoms with Gasteiger partial charge in [-0.1, -0.05) is 29.8 Å². The number of hydrogen-bond donors (Lipinski definition) is 2. The molecule has 0 fully saturated rings. The number of nitrogens with one attached hydrogen (secondary N) is 1. The fraction of sp³-hybridized carbons (Fsp3) is 0.348. The molecule has 0 radical (unpaired) electrons. The third-order valence-corrected chi connectivity index (χ3v) is 6.59. The van der Waals surface area contributed by atoms with E-state index in [-0.39, 0.29) is 17.6 Å². The molecule has 2 N–H and O–H groups in total. The highest BCUT2D eigenvalue weighted by Crippen LogP contribution is 2.55. The molecule has 2 amide bonds. The second-order valence-electron chi connectivity index (χ2n) is 8.05. The molecule has 1 spiro atoms. The Balaban J connectivity index is 1.50. The highest BCUT2D eigenvalue weighted by molar-refractivity contribution is 6.30. The normalized spacial score (nSPS) is 26.3. The van der Waals surface area contributed by atoms with Gasteiger partial charge in [0.1, 0.15) is 6.10 Å². The Morgan fingerprint density at radius 2 is 2.10 bits per heavy atom. The summed E-state index contributed by atoms with van der Waals surface area (Å²) in [5.74, 6) is 1.42. The van der Waals surface area contributed by atoms with Gasteiger partial charge in [-0.25, -0.2) is 4.79 Å². The number of urea groups is 1. The molecular formula is C23H23ClN2O4. The average molecular weight is 427 g/mol. The van der Waals surface area contributed by atoms with Gasteiger partial charge in [0.25, 0.3) is 0 Å². The lowest BCUT2D eigenvalue weighted by Crippen LogP contribution is -2.43. The maximum atomic E-state index is 13.0. The van der Waals surface area contributed by atoms with E-state index < -0.39 is 6.10 Å². The molecule has 0 saturated carbocycles. The van der Waals surface area contributed by atoms with E-state index in [4.69, 9.17) is 21.1 Å². The molecule has 3 aliphatic rings. The lowest BCUT2D eigenvalue weighted by Gasteiger charge is -2.35. The van der Waals surface area contributed by atoms with Gasteiger partial charge in [0.2, 0.25) is 0 Å². The van der Waals surface area contributed by atoms with Crippen molar-refractivity contribution in [3.63, 3.8) is 0 Å². The largest absolute Gasteiger partial charge is 0.493 e. The van der Waals surface area contributed by atoms with E-state index in [0.717, 1.165) is 16.9 Å². The third-order valence-electron chi connectivity index (χ3n) is 6.34. The number of aliphatic hydroxyl groups is 1. The van der Waals surface area contributed by atoms with Crippen molar-refractivity contribution >= 4 is 23.3 Å². The molecule has 0 aromatic heterocycles. The van der Waals surface area contributed by atoms with Gasteiger partial charge in [-0.05, 0) is 42.3 Å². The molecule has 2 aromatic rings. The summed E-state index contributed by atoms with van der Waals surface area (Å²) in [6.45, 7) is 1.04. The topological polar surface area (TPSA) is 71.0 Å². The zero-order valence-corrected chi connectivity index (χ0v) is 17.4. The quantitative estimate of drug-likeness (QED) is 0.709. The van der Waals surface area contributed by atoms with E-state index in [1.165, 1.54) is 0 Å². The summed E-state index contributed by atoms with van der Waals surface area (Å²) in [6, 6.07) is 10.8. The first kappa shape index (κ1) is 19.3. The van der Waals surface area contributed by atoms with Gasteiger partial charge in [0, 0.05) is 35.8 Å². The Kier molecular flexibility index (Phi) is 4.64. The fourth-order valence-electron chi connectivity index (χ4n) is 4.85. The smallest absolute Gasteiger partial charge is 0.322 e. The zero-order chi connectivity index (χ0) is 20.9. The Morgan fingerprint density at radius 3 is 2.87 bits per heavy atom. The maximum Gasteiger partial charge on any atom is 0.322 e. The monoisotopic (exact) mass is 426 g/mol. The molecule has 0 bridgehead atoms. The number of carbonyl (C=O) groups is 1. The van der Waals surface area contributed by atoms with Crippen LogP contribution in [-0.2, 0) is 12.0 Å². The second-order valence-corrected chi connectivity index (χ2v) is 8.49. The number of amides is 2. The molecule has 7 heteroatoms. The molecule has 3 atom stereocenters. The van der Waals surface area contributed by atoms with Crippen molar-refractivity contribution in [2.45, 2.75) is 37.0 Å². The van der Waals surface area contributed by atoms with E-state index in [1.54, 1.807) is 31.4 Å². The van der Waals surface area contributed by atoms with Crippen molar-refractivity contribution in [2.24, 2.45) is 0 Å². The minimum absolute atomic E-state index is 0.157. The first-order valence-electron chi connectivity index (χ1n) is 10.1. The van der Waals surface area contributed by atoms with Crippen LogP contribution < -0.4 is 14.8 Å². The van der Waals surface area contributed by atoms with Crippen LogP contribution >= 0.6 is 11.6 Å². The van der Waals surface area contributed by atoms with Crippen LogP contribution in [0.4, 0.5) is 10.5 Å². The first-order chi connectivity index (χ1) is 14.5. The Morgan fingerprint density at radius 1 is 1.30 bits per heavy atom. The van der Waals surface area contributed by atoms with Gasteiger partial charge in [0.05, 0.1) is 18.6 Å². The SMILES string of the molecule is COc1ccc2c3c1O[C@H]1C[C@@H](O)C=C[C@@]31CCN(C(=O)Nc1ccc(Cl)cc1)C2. The second kappa shape index (κ2) is 7.22. The standard InChI is InChI=1S/C23H23ClN2O4/c1-29-18-7-2-14-13-26(22(28)25-16-5-3-15(24)4-6-16)11-10-23-9-8-17(27)12-19(23)30-21(18)20(14)23/h2-9,17,19,27H,10-13H2,1H3,(H,25,28)/t17-,19-,23-/m0/s1. The molecule has 2 heterocycles. The molecule has 5 rings (SSSR count). The number of hydrogen-bond acceptors (Lipinski definition) is 4. The Bertz CT molecular complexity index is 1020. The summed E-state index contributed by atoms with van der Waals surface area (Å²) >= 11 is 5.94. The molecule has 30 heavy (non-hydrogen) atoms. The van der Waals surface area contributed by atoms with Crippen LogP contribution in [-0.4, -0.2) is 41.9 Å². The van der Waals surface area contributed by atoms with E-state index in [0.29, 0.717) is 42.4 Å². The van der Waals surface area contributed by atoms with Crippen molar-refractivity contribution in [1.29, 1.82) is 0 Å². The van der Waals surface area contributed by atoms with Crippen molar-refractivity contribution < 1.29 is 19.4 Å². The summed E-state index contributed by atoms with van der Waals surface area (Å²) in [5, 5.41) is 13.8. The highest BCUT2D eigenvalue weighted by Gasteiger charge is 2.53. The Hall–Kier alpha value is -2.70. The van der Waals surface area contributed by atoms with Crippen LogP contribution in [0.5, 0.6) is 11.5 Å². The van der Waals surface area contributed by atoms with E-state index in [1.807, 2.05) is 23.1 Å². The average Bonchev–Trinajstić information content (AvgIpc) is 2.97. The molecule has 6 nitrogen and oxygen atoms in total.